The Balaban J connectivity index is 3.66. The molecule has 0 heterocycles. The molecule has 0 aliphatic carbocycles. The maximum absolute atomic E-state index is 11.1. The van der Waals surface area contributed by atoms with Crippen LogP contribution in [0.2, 0.25) is 0 Å². The Bertz CT molecular complexity index is 180. The van der Waals surface area contributed by atoms with E-state index >= 15 is 0 Å². The smallest absolute Gasteiger partial charge is 0.341 e. The summed E-state index contributed by atoms with van der Waals surface area (Å²) in [7, 11) is 0. The highest BCUT2D eigenvalue weighted by molar-refractivity contribution is 5.76. The van der Waals surface area contributed by atoms with Gasteiger partial charge >= 0.3 is 6.03 Å². The van der Waals surface area contributed by atoms with E-state index in [9.17, 15) is 9.59 Å². The molecule has 6 heteroatoms. The molecule has 0 spiro atoms. The number of primary amides is 1. The monoisotopic (exact) mass is 189 g/mol. The van der Waals surface area contributed by atoms with Crippen molar-refractivity contribution in [1.29, 1.82) is 0 Å². The predicted octanol–water partition coefficient (Wildman–Crippen LogP) is -0.545. The number of nitrogens with zero attached hydrogens (tertiary/aromatic N) is 1. The van der Waals surface area contributed by atoms with E-state index in [4.69, 9.17) is 5.73 Å². The van der Waals surface area contributed by atoms with Crippen LogP contribution in [-0.2, 0) is 9.63 Å². The zero-order chi connectivity index (χ0) is 10.3. The molecule has 3 N–H and O–H groups in total. The molecule has 0 saturated heterocycles. The highest BCUT2D eigenvalue weighted by Gasteiger charge is 2.08. The summed E-state index contributed by atoms with van der Waals surface area (Å²) in [4.78, 5) is 27.4. The Morgan fingerprint density at radius 3 is 2.31 bits per heavy atom. The van der Waals surface area contributed by atoms with Gasteiger partial charge < -0.3 is 10.6 Å². The summed E-state index contributed by atoms with van der Waals surface area (Å²) >= 11 is 0. The Morgan fingerprint density at radius 1 is 1.38 bits per heavy atom. The van der Waals surface area contributed by atoms with Crippen LogP contribution in [0.5, 0.6) is 0 Å². The molecular formula is C7H15N3O3. The lowest BCUT2D eigenvalue weighted by Gasteiger charge is -2.18. The molecule has 0 bridgehead atoms. The Morgan fingerprint density at radius 2 is 1.92 bits per heavy atom. The summed E-state index contributed by atoms with van der Waals surface area (Å²) in [5.74, 6) is -0.625. The van der Waals surface area contributed by atoms with E-state index in [1.165, 1.54) is 4.90 Å². The average Bonchev–Trinajstić information content (AvgIpc) is 2.05. The van der Waals surface area contributed by atoms with Gasteiger partial charge in [0.1, 0.15) is 0 Å². The number of nitrogens with two attached hydrogens (primary N) is 1. The van der Waals surface area contributed by atoms with E-state index in [1.807, 2.05) is 13.8 Å². The van der Waals surface area contributed by atoms with Gasteiger partial charge in [-0.05, 0) is 13.8 Å². The molecule has 0 aliphatic rings. The number of hydroxylamine groups is 1. The van der Waals surface area contributed by atoms with E-state index in [0.717, 1.165) is 0 Å². The van der Waals surface area contributed by atoms with Gasteiger partial charge in [0.2, 0.25) is 5.91 Å². The number of hydrogen-bond donors (Lipinski definition) is 2. The van der Waals surface area contributed by atoms with Gasteiger partial charge in [-0.2, -0.15) is 0 Å². The second kappa shape index (κ2) is 6.24. The maximum atomic E-state index is 11.1. The molecule has 0 aromatic rings. The van der Waals surface area contributed by atoms with Crippen LogP contribution < -0.4 is 11.2 Å². The molecule has 0 rings (SSSR count). The quantitative estimate of drug-likeness (QED) is 0.569. The minimum Gasteiger partial charge on any atom is -0.368 e. The lowest BCUT2D eigenvalue weighted by molar-refractivity contribution is -0.124. The molecule has 0 fully saturated rings. The van der Waals surface area contributed by atoms with Crippen molar-refractivity contribution in [2.75, 3.05) is 19.7 Å². The van der Waals surface area contributed by atoms with Crippen molar-refractivity contribution in [3.63, 3.8) is 0 Å². The predicted molar refractivity (Wildman–Crippen MR) is 46.6 cm³/mol. The van der Waals surface area contributed by atoms with Gasteiger partial charge in [0.05, 0.1) is 0 Å². The van der Waals surface area contributed by atoms with Gasteiger partial charge in [-0.3, -0.25) is 9.63 Å². The normalized spacial score (nSPS) is 9.38. The van der Waals surface area contributed by atoms with Gasteiger partial charge in [-0.25, -0.2) is 10.3 Å². The van der Waals surface area contributed by atoms with Crippen LogP contribution in [-0.4, -0.2) is 36.5 Å². The average molecular weight is 189 g/mol. The van der Waals surface area contributed by atoms with Crippen molar-refractivity contribution >= 4 is 11.9 Å². The van der Waals surface area contributed by atoms with Gasteiger partial charge in [0, 0.05) is 13.1 Å². The molecule has 3 amide bonds. The van der Waals surface area contributed by atoms with Gasteiger partial charge in [-0.15, -0.1) is 0 Å². The molecule has 0 atom stereocenters. The lowest BCUT2D eigenvalue weighted by atomic mass is 10.5. The van der Waals surface area contributed by atoms with Gasteiger partial charge in [0.15, 0.2) is 6.61 Å². The Hall–Kier alpha value is -1.30. The standard InChI is InChI=1S/C7H15N3O3/c1-3-10(4-2)7(12)9-13-5-6(8)11/h3-5H2,1-2H3,(H2,8,11)(H,9,12). The van der Waals surface area contributed by atoms with Crippen molar-refractivity contribution in [2.45, 2.75) is 13.8 Å². The third kappa shape index (κ3) is 5.02. The van der Waals surface area contributed by atoms with E-state index in [-0.39, 0.29) is 12.6 Å². The number of carbonyl (C=O) groups is 2. The van der Waals surface area contributed by atoms with Gasteiger partial charge in [-0.1, -0.05) is 0 Å². The van der Waals surface area contributed by atoms with E-state index in [0.29, 0.717) is 13.1 Å². The van der Waals surface area contributed by atoms with Crippen molar-refractivity contribution in [3.05, 3.63) is 0 Å². The second-order valence-electron chi connectivity index (χ2n) is 2.33. The molecule has 0 aliphatic heterocycles. The third-order valence-electron chi connectivity index (χ3n) is 1.42. The number of urea groups is 1. The minimum atomic E-state index is -0.625. The van der Waals surface area contributed by atoms with Crippen molar-refractivity contribution in [3.8, 4) is 0 Å². The minimum absolute atomic E-state index is 0.312. The first-order valence-electron chi connectivity index (χ1n) is 4.06. The fourth-order valence-electron chi connectivity index (χ4n) is 0.744. The lowest BCUT2D eigenvalue weighted by Crippen LogP contribution is -2.40. The fraction of sp³-hybridized carbons (Fsp3) is 0.714. The first-order chi connectivity index (χ1) is 6.11. The molecule has 6 nitrogen and oxygen atoms in total. The first-order valence-corrected chi connectivity index (χ1v) is 4.06. The number of rotatable bonds is 5. The first kappa shape index (κ1) is 11.7. The molecule has 0 radical (unpaired) electrons. The van der Waals surface area contributed by atoms with E-state index < -0.39 is 5.91 Å². The largest absolute Gasteiger partial charge is 0.368 e. The number of nitrogens with one attached hydrogen (secondary N) is 1. The summed E-state index contributed by atoms with van der Waals surface area (Å²) in [5.41, 5.74) is 6.89. The Labute approximate surface area is 77.0 Å². The zero-order valence-electron chi connectivity index (χ0n) is 7.87. The molecule has 0 unspecified atom stereocenters. The molecule has 0 saturated carbocycles. The van der Waals surface area contributed by atoms with Crippen molar-refractivity contribution in [2.24, 2.45) is 5.73 Å². The number of carbonyl (C=O) groups excluding carboxylic acids is 2. The highest BCUT2D eigenvalue weighted by Crippen LogP contribution is 1.87. The number of amides is 3. The molecule has 0 aromatic carbocycles. The zero-order valence-corrected chi connectivity index (χ0v) is 7.87. The number of hydrogen-bond acceptors (Lipinski definition) is 3. The summed E-state index contributed by atoms with van der Waals surface area (Å²) in [5, 5.41) is 0. The van der Waals surface area contributed by atoms with Crippen LogP contribution in [0.3, 0.4) is 0 Å². The van der Waals surface area contributed by atoms with Crippen LogP contribution in [0.4, 0.5) is 4.79 Å². The van der Waals surface area contributed by atoms with E-state index in [1.54, 1.807) is 0 Å². The Kier molecular flexibility index (Phi) is 5.62. The molecule has 13 heavy (non-hydrogen) atoms. The van der Waals surface area contributed by atoms with Crippen LogP contribution >= 0.6 is 0 Å². The molecule has 76 valence electrons. The van der Waals surface area contributed by atoms with Crippen LogP contribution in [0.25, 0.3) is 0 Å². The topological polar surface area (TPSA) is 84.7 Å². The van der Waals surface area contributed by atoms with Crippen molar-refractivity contribution in [1.82, 2.24) is 10.4 Å². The molecule has 0 aromatic heterocycles. The van der Waals surface area contributed by atoms with Crippen LogP contribution in [0, 0.1) is 0 Å². The molecular weight excluding hydrogens is 174 g/mol. The second-order valence-corrected chi connectivity index (χ2v) is 2.33. The summed E-state index contributed by atoms with van der Waals surface area (Å²) < 4.78 is 0. The van der Waals surface area contributed by atoms with E-state index in [2.05, 4.69) is 10.3 Å². The highest BCUT2D eigenvalue weighted by atomic mass is 16.7. The maximum Gasteiger partial charge on any atom is 0.341 e. The summed E-state index contributed by atoms with van der Waals surface area (Å²) in [6.07, 6.45) is 0. The van der Waals surface area contributed by atoms with Crippen LogP contribution in [0.1, 0.15) is 13.8 Å². The SMILES string of the molecule is CCN(CC)C(=O)NOCC(N)=O. The third-order valence-corrected chi connectivity index (χ3v) is 1.42. The summed E-state index contributed by atoms with van der Waals surface area (Å²) in [6, 6.07) is -0.369. The van der Waals surface area contributed by atoms with Crippen LogP contribution in [0.15, 0.2) is 0 Å². The van der Waals surface area contributed by atoms with Gasteiger partial charge in [0.25, 0.3) is 0 Å². The fourth-order valence-corrected chi connectivity index (χ4v) is 0.744. The van der Waals surface area contributed by atoms with Crippen molar-refractivity contribution < 1.29 is 14.4 Å². The summed E-state index contributed by atoms with van der Waals surface area (Å²) in [6.45, 7) is 4.55.